The largest absolute Gasteiger partial charge is 0.490 e. The zero-order valence-electron chi connectivity index (χ0n) is 20.8. The molecule has 0 atom stereocenters. The topological polar surface area (TPSA) is 120 Å². The van der Waals surface area contributed by atoms with Gasteiger partial charge in [0.05, 0.1) is 0 Å². The SMILES string of the molecule is Cc1nnc(-c2cccc(Oc3ccc(C(C)(C)c4ccc(OC5CC(NC(=O)O)C5)cc4)cc3)n2)o1. The predicted molar refractivity (Wildman–Crippen MR) is 136 cm³/mol. The minimum atomic E-state index is -0.990. The third-order valence-electron chi connectivity index (χ3n) is 6.57. The van der Waals surface area contributed by atoms with Gasteiger partial charge in [0, 0.05) is 37.3 Å². The third kappa shape index (κ3) is 5.55. The van der Waals surface area contributed by atoms with Gasteiger partial charge in [0.15, 0.2) is 0 Å². The fourth-order valence-corrected chi connectivity index (χ4v) is 4.31. The molecule has 1 fully saturated rings. The Morgan fingerprint density at radius 1 is 0.973 bits per heavy atom. The van der Waals surface area contributed by atoms with Crippen molar-refractivity contribution in [1.29, 1.82) is 0 Å². The van der Waals surface area contributed by atoms with E-state index >= 15 is 0 Å². The number of amides is 1. The summed E-state index contributed by atoms with van der Waals surface area (Å²) in [6.45, 7) is 6.07. The fourth-order valence-electron chi connectivity index (χ4n) is 4.31. The normalized spacial score (nSPS) is 17.1. The molecule has 9 heteroatoms. The first kappa shape index (κ1) is 24.3. The van der Waals surface area contributed by atoms with Crippen LogP contribution in [-0.2, 0) is 5.41 Å². The van der Waals surface area contributed by atoms with Crippen LogP contribution in [0, 0.1) is 6.92 Å². The summed E-state index contributed by atoms with van der Waals surface area (Å²) in [7, 11) is 0. The number of benzene rings is 2. The van der Waals surface area contributed by atoms with Gasteiger partial charge in [-0.15, -0.1) is 10.2 Å². The van der Waals surface area contributed by atoms with Gasteiger partial charge in [0.25, 0.3) is 5.89 Å². The van der Waals surface area contributed by atoms with E-state index in [1.807, 2.05) is 30.3 Å². The van der Waals surface area contributed by atoms with Crippen LogP contribution in [-0.4, -0.2) is 38.5 Å². The number of pyridine rings is 1. The molecule has 2 aromatic carbocycles. The smallest absolute Gasteiger partial charge is 0.404 e. The first-order valence-electron chi connectivity index (χ1n) is 12.1. The number of rotatable bonds is 8. The lowest BCUT2D eigenvalue weighted by molar-refractivity contribution is 0.0833. The molecule has 1 saturated carbocycles. The van der Waals surface area contributed by atoms with Crippen molar-refractivity contribution in [2.45, 2.75) is 51.2 Å². The minimum Gasteiger partial charge on any atom is -0.490 e. The summed E-state index contributed by atoms with van der Waals surface area (Å²) in [6.07, 6.45) is 0.417. The van der Waals surface area contributed by atoms with Crippen LogP contribution in [0.4, 0.5) is 4.79 Å². The quantitative estimate of drug-likeness (QED) is 0.314. The van der Waals surface area contributed by atoms with Crippen LogP contribution in [0.15, 0.2) is 71.1 Å². The Labute approximate surface area is 214 Å². The molecule has 1 aliphatic rings. The van der Waals surface area contributed by atoms with Crippen molar-refractivity contribution in [1.82, 2.24) is 20.5 Å². The zero-order valence-corrected chi connectivity index (χ0v) is 20.8. The zero-order chi connectivity index (χ0) is 26.0. The van der Waals surface area contributed by atoms with E-state index in [0.29, 0.717) is 41.9 Å². The maximum atomic E-state index is 10.7. The molecule has 0 unspecified atom stereocenters. The summed E-state index contributed by atoms with van der Waals surface area (Å²) in [4.78, 5) is 15.2. The van der Waals surface area contributed by atoms with Crippen LogP contribution >= 0.6 is 0 Å². The van der Waals surface area contributed by atoms with Gasteiger partial charge in [-0.2, -0.15) is 0 Å². The summed E-state index contributed by atoms with van der Waals surface area (Å²) >= 11 is 0. The standard InChI is InChI=1S/C28H28N4O5/c1-17-31-32-26(35-17)24-5-4-6-25(30-24)37-22-13-9-19(10-14-22)28(2,3)18-7-11-21(12-8-18)36-23-15-20(16-23)29-27(33)34/h4-14,20,23,29H,15-16H2,1-3H3,(H,33,34). The summed E-state index contributed by atoms with van der Waals surface area (Å²) in [5, 5.41) is 19.1. The molecule has 0 spiro atoms. The molecule has 4 aromatic rings. The number of hydrogen-bond acceptors (Lipinski definition) is 7. The number of nitrogens with one attached hydrogen (secondary N) is 1. The minimum absolute atomic E-state index is 0.0260. The Morgan fingerprint density at radius 2 is 1.62 bits per heavy atom. The molecule has 1 amide bonds. The molecule has 5 rings (SSSR count). The Morgan fingerprint density at radius 3 is 2.22 bits per heavy atom. The number of aryl methyl sites for hydroxylation is 1. The van der Waals surface area contributed by atoms with E-state index in [2.05, 4.69) is 58.6 Å². The first-order chi connectivity index (χ1) is 17.8. The maximum Gasteiger partial charge on any atom is 0.404 e. The number of ether oxygens (including phenoxy) is 2. The number of carboxylic acid groups (broad SMARTS) is 1. The Hall–Kier alpha value is -4.40. The molecule has 37 heavy (non-hydrogen) atoms. The molecule has 9 nitrogen and oxygen atoms in total. The van der Waals surface area contributed by atoms with Gasteiger partial charge in [0.2, 0.25) is 11.8 Å². The van der Waals surface area contributed by atoms with Gasteiger partial charge >= 0.3 is 6.09 Å². The van der Waals surface area contributed by atoms with Crippen LogP contribution < -0.4 is 14.8 Å². The molecule has 0 saturated heterocycles. The molecule has 190 valence electrons. The van der Waals surface area contributed by atoms with Gasteiger partial charge in [-0.3, -0.25) is 0 Å². The molecule has 1 aliphatic carbocycles. The lowest BCUT2D eigenvalue weighted by atomic mass is 9.78. The van der Waals surface area contributed by atoms with E-state index < -0.39 is 6.09 Å². The summed E-state index contributed by atoms with van der Waals surface area (Å²) in [5.41, 5.74) is 2.60. The highest BCUT2D eigenvalue weighted by Gasteiger charge is 2.32. The van der Waals surface area contributed by atoms with E-state index in [9.17, 15) is 4.79 Å². The molecule has 0 radical (unpaired) electrons. The van der Waals surface area contributed by atoms with Gasteiger partial charge in [-0.05, 0) is 41.5 Å². The van der Waals surface area contributed by atoms with Crippen molar-refractivity contribution < 1.29 is 23.8 Å². The molecular weight excluding hydrogens is 472 g/mol. The van der Waals surface area contributed by atoms with Gasteiger partial charge in [-0.1, -0.05) is 44.2 Å². The first-order valence-corrected chi connectivity index (χ1v) is 12.1. The van der Waals surface area contributed by atoms with Crippen LogP contribution in [0.1, 0.15) is 43.7 Å². The summed E-state index contributed by atoms with van der Waals surface area (Å²) in [6, 6.07) is 21.4. The Bertz CT molecular complexity index is 1380. The predicted octanol–water partition coefficient (Wildman–Crippen LogP) is 5.74. The van der Waals surface area contributed by atoms with Crippen molar-refractivity contribution in [2.24, 2.45) is 0 Å². The molecule has 2 N–H and O–H groups in total. The third-order valence-corrected chi connectivity index (χ3v) is 6.57. The van der Waals surface area contributed by atoms with Crippen LogP contribution in [0.3, 0.4) is 0 Å². The van der Waals surface area contributed by atoms with Crippen LogP contribution in [0.5, 0.6) is 17.4 Å². The average Bonchev–Trinajstić information content (AvgIpc) is 3.30. The molecule has 0 bridgehead atoms. The number of nitrogens with zero attached hydrogens (tertiary/aromatic N) is 3. The summed E-state index contributed by atoms with van der Waals surface area (Å²) < 4.78 is 17.4. The lowest BCUT2D eigenvalue weighted by Gasteiger charge is -2.35. The number of aromatic nitrogens is 3. The van der Waals surface area contributed by atoms with E-state index in [1.54, 1.807) is 19.1 Å². The monoisotopic (exact) mass is 500 g/mol. The Balaban J connectivity index is 1.21. The van der Waals surface area contributed by atoms with Gasteiger partial charge in [0.1, 0.15) is 23.3 Å². The fraction of sp³-hybridized carbons (Fsp3) is 0.286. The van der Waals surface area contributed by atoms with Crippen molar-refractivity contribution >= 4 is 6.09 Å². The van der Waals surface area contributed by atoms with E-state index in [-0.39, 0.29) is 17.6 Å². The maximum absolute atomic E-state index is 10.7. The van der Waals surface area contributed by atoms with Crippen LogP contribution in [0.2, 0.25) is 0 Å². The highest BCUT2D eigenvalue weighted by molar-refractivity contribution is 5.65. The highest BCUT2D eigenvalue weighted by Crippen LogP contribution is 2.35. The second-order valence-electron chi connectivity index (χ2n) is 9.62. The Kier molecular flexibility index (Phi) is 6.52. The average molecular weight is 501 g/mol. The van der Waals surface area contributed by atoms with Crippen molar-refractivity contribution in [2.75, 3.05) is 0 Å². The second kappa shape index (κ2) is 9.93. The second-order valence-corrected chi connectivity index (χ2v) is 9.62. The van der Waals surface area contributed by atoms with Crippen LogP contribution in [0.25, 0.3) is 11.6 Å². The van der Waals surface area contributed by atoms with Crippen molar-refractivity contribution in [3.05, 3.63) is 83.7 Å². The van der Waals surface area contributed by atoms with Gasteiger partial charge in [-0.25, -0.2) is 9.78 Å². The van der Waals surface area contributed by atoms with Crippen molar-refractivity contribution in [3.63, 3.8) is 0 Å². The highest BCUT2D eigenvalue weighted by atomic mass is 16.5. The van der Waals surface area contributed by atoms with E-state index in [1.165, 1.54) is 0 Å². The number of carbonyl (C=O) groups is 1. The lowest BCUT2D eigenvalue weighted by Crippen LogP contribution is -2.48. The van der Waals surface area contributed by atoms with E-state index in [4.69, 9.17) is 19.0 Å². The van der Waals surface area contributed by atoms with Gasteiger partial charge < -0.3 is 24.3 Å². The molecular formula is C28H28N4O5. The molecule has 2 heterocycles. The number of hydrogen-bond donors (Lipinski definition) is 2. The molecule has 2 aromatic heterocycles. The summed E-state index contributed by atoms with van der Waals surface area (Å²) in [5.74, 6) is 2.72. The van der Waals surface area contributed by atoms with E-state index in [0.717, 1.165) is 16.9 Å². The van der Waals surface area contributed by atoms with Crippen molar-refractivity contribution in [3.8, 4) is 29.0 Å². The molecule has 0 aliphatic heterocycles.